The average Bonchev–Trinajstić information content (AvgIpc) is 2.36. The highest BCUT2D eigenvalue weighted by Crippen LogP contribution is 2.21. The van der Waals surface area contributed by atoms with Crippen LogP contribution < -0.4 is 5.32 Å². The van der Waals surface area contributed by atoms with Gasteiger partial charge in [0.2, 0.25) is 5.91 Å². The second-order valence-corrected chi connectivity index (χ2v) is 7.12. The lowest BCUT2D eigenvalue weighted by Crippen LogP contribution is -2.38. The Morgan fingerprint density at radius 1 is 1.30 bits per heavy atom. The highest BCUT2D eigenvalue weighted by molar-refractivity contribution is 7.99. The summed E-state index contributed by atoms with van der Waals surface area (Å²) >= 11 is 1.86. The first kappa shape index (κ1) is 17.1. The lowest BCUT2D eigenvalue weighted by molar-refractivity contribution is -0.125. The Morgan fingerprint density at radius 3 is 2.50 bits per heavy atom. The molecule has 0 fully saturated rings. The molecule has 20 heavy (non-hydrogen) atoms. The van der Waals surface area contributed by atoms with E-state index in [1.807, 2.05) is 61.9 Å². The normalized spacial score (nSPS) is 12.8. The zero-order valence-electron chi connectivity index (χ0n) is 13.1. The van der Waals surface area contributed by atoms with Gasteiger partial charge in [0.05, 0.1) is 0 Å². The minimum Gasteiger partial charge on any atom is -0.354 e. The van der Waals surface area contributed by atoms with Crippen molar-refractivity contribution in [3.8, 4) is 0 Å². The van der Waals surface area contributed by atoms with Crippen molar-refractivity contribution in [2.24, 2.45) is 0 Å². The van der Waals surface area contributed by atoms with Crippen molar-refractivity contribution < 1.29 is 4.79 Å². The number of nitrogens with one attached hydrogen (secondary N) is 1. The van der Waals surface area contributed by atoms with E-state index in [2.05, 4.69) is 19.2 Å². The molecule has 0 aliphatic carbocycles. The fourth-order valence-corrected chi connectivity index (χ4v) is 2.80. The van der Waals surface area contributed by atoms with Crippen LogP contribution in [0.1, 0.15) is 31.0 Å². The first-order valence-electron chi connectivity index (χ1n) is 7.04. The van der Waals surface area contributed by atoms with Crippen LogP contribution in [0.3, 0.4) is 0 Å². The number of carbonyl (C=O) groups is 1. The van der Waals surface area contributed by atoms with Gasteiger partial charge in [-0.05, 0) is 37.4 Å². The van der Waals surface area contributed by atoms with E-state index >= 15 is 0 Å². The molecule has 0 aliphatic rings. The number of rotatable bonds is 7. The average molecular weight is 294 g/mol. The van der Waals surface area contributed by atoms with Crippen molar-refractivity contribution in [3.63, 3.8) is 0 Å². The molecule has 4 heteroatoms. The summed E-state index contributed by atoms with van der Waals surface area (Å²) in [4.78, 5) is 14.4. The maximum absolute atomic E-state index is 12.4. The molecule has 0 aliphatic heterocycles. The predicted molar refractivity (Wildman–Crippen MR) is 88.2 cm³/mol. The number of hydrogen-bond donors (Lipinski definition) is 1. The van der Waals surface area contributed by atoms with E-state index in [1.165, 1.54) is 0 Å². The number of carbonyl (C=O) groups excluding carboxylic acids is 1. The molecule has 112 valence electrons. The summed E-state index contributed by atoms with van der Waals surface area (Å²) in [6, 6.07) is 7.85. The van der Waals surface area contributed by atoms with Gasteiger partial charge in [0.15, 0.2) is 0 Å². The zero-order valence-corrected chi connectivity index (χ0v) is 14.0. The van der Waals surface area contributed by atoms with Crippen LogP contribution in [0, 0.1) is 6.92 Å². The zero-order chi connectivity index (χ0) is 15.1. The standard InChI is InChI=1S/C16H26N2OS/c1-12(2)20-11-10-17-16(19)15(18(4)5)14-9-7-6-8-13(14)3/h6-9,12,15H,10-11H2,1-5H3,(H,17,19)/t15-/m1/s1. The summed E-state index contributed by atoms with van der Waals surface area (Å²) < 4.78 is 0. The van der Waals surface area contributed by atoms with Gasteiger partial charge in [-0.25, -0.2) is 0 Å². The van der Waals surface area contributed by atoms with Crippen LogP contribution in [0.5, 0.6) is 0 Å². The van der Waals surface area contributed by atoms with Gasteiger partial charge in [0.25, 0.3) is 0 Å². The lowest BCUT2D eigenvalue weighted by atomic mass is 10.00. The molecule has 1 rings (SSSR count). The predicted octanol–water partition coefficient (Wildman–Crippen LogP) is 2.86. The monoisotopic (exact) mass is 294 g/mol. The third-order valence-corrected chi connectivity index (χ3v) is 4.21. The summed E-state index contributed by atoms with van der Waals surface area (Å²) in [6.07, 6.45) is 0. The molecule has 0 bridgehead atoms. The number of amides is 1. The van der Waals surface area contributed by atoms with Gasteiger partial charge in [-0.2, -0.15) is 11.8 Å². The van der Waals surface area contributed by atoms with Crippen LogP contribution in [0.25, 0.3) is 0 Å². The molecule has 1 aromatic carbocycles. The van der Waals surface area contributed by atoms with E-state index < -0.39 is 0 Å². The summed E-state index contributed by atoms with van der Waals surface area (Å²) in [5, 5.41) is 3.65. The topological polar surface area (TPSA) is 32.3 Å². The Hall–Kier alpha value is -1.00. The quantitative estimate of drug-likeness (QED) is 0.785. The van der Waals surface area contributed by atoms with Crippen molar-refractivity contribution in [1.82, 2.24) is 10.2 Å². The van der Waals surface area contributed by atoms with E-state index in [0.29, 0.717) is 5.25 Å². The molecular weight excluding hydrogens is 268 g/mol. The number of nitrogens with zero attached hydrogens (tertiary/aromatic N) is 1. The van der Waals surface area contributed by atoms with Crippen LogP contribution in [-0.2, 0) is 4.79 Å². The Labute approximate surface area is 127 Å². The first-order chi connectivity index (χ1) is 9.43. The second kappa shape index (κ2) is 8.32. The van der Waals surface area contributed by atoms with Crippen molar-refractivity contribution in [3.05, 3.63) is 35.4 Å². The molecular formula is C16H26N2OS. The van der Waals surface area contributed by atoms with Crippen LogP contribution in [0.2, 0.25) is 0 Å². The molecule has 0 radical (unpaired) electrons. The Morgan fingerprint density at radius 2 is 1.95 bits per heavy atom. The van der Waals surface area contributed by atoms with Gasteiger partial charge in [-0.15, -0.1) is 0 Å². The van der Waals surface area contributed by atoms with Gasteiger partial charge in [0, 0.05) is 12.3 Å². The maximum atomic E-state index is 12.4. The minimum atomic E-state index is -0.222. The molecule has 0 saturated heterocycles. The van der Waals surface area contributed by atoms with Crippen LogP contribution in [0.4, 0.5) is 0 Å². The highest BCUT2D eigenvalue weighted by Gasteiger charge is 2.23. The molecule has 0 heterocycles. The van der Waals surface area contributed by atoms with E-state index in [0.717, 1.165) is 23.4 Å². The third-order valence-electron chi connectivity index (χ3n) is 3.10. The third kappa shape index (κ3) is 5.17. The van der Waals surface area contributed by atoms with Crippen molar-refractivity contribution >= 4 is 17.7 Å². The van der Waals surface area contributed by atoms with Crippen molar-refractivity contribution in [1.29, 1.82) is 0 Å². The van der Waals surface area contributed by atoms with Crippen molar-refractivity contribution in [2.45, 2.75) is 32.1 Å². The molecule has 0 aromatic heterocycles. The molecule has 1 atom stereocenters. The van der Waals surface area contributed by atoms with Gasteiger partial charge in [0.1, 0.15) is 6.04 Å². The number of thioether (sulfide) groups is 1. The Balaban J connectivity index is 2.67. The van der Waals surface area contributed by atoms with Crippen LogP contribution in [0.15, 0.2) is 24.3 Å². The largest absolute Gasteiger partial charge is 0.354 e. The van der Waals surface area contributed by atoms with Gasteiger partial charge < -0.3 is 5.32 Å². The molecule has 1 N–H and O–H groups in total. The van der Waals surface area contributed by atoms with Crippen LogP contribution in [-0.4, -0.2) is 42.4 Å². The van der Waals surface area contributed by atoms with E-state index in [1.54, 1.807) is 0 Å². The van der Waals surface area contributed by atoms with E-state index in [-0.39, 0.29) is 11.9 Å². The smallest absolute Gasteiger partial charge is 0.241 e. The molecule has 0 spiro atoms. The van der Waals surface area contributed by atoms with Gasteiger partial charge >= 0.3 is 0 Å². The van der Waals surface area contributed by atoms with Gasteiger partial charge in [-0.1, -0.05) is 38.1 Å². The minimum absolute atomic E-state index is 0.0775. The summed E-state index contributed by atoms with van der Waals surface area (Å²) in [7, 11) is 3.89. The van der Waals surface area contributed by atoms with Crippen LogP contribution >= 0.6 is 11.8 Å². The van der Waals surface area contributed by atoms with E-state index in [4.69, 9.17) is 0 Å². The molecule has 1 aromatic rings. The first-order valence-corrected chi connectivity index (χ1v) is 8.09. The fraction of sp³-hybridized carbons (Fsp3) is 0.562. The Bertz CT molecular complexity index is 432. The summed E-state index contributed by atoms with van der Waals surface area (Å²) in [5.74, 6) is 1.03. The molecule has 3 nitrogen and oxygen atoms in total. The molecule has 0 saturated carbocycles. The van der Waals surface area contributed by atoms with E-state index in [9.17, 15) is 4.79 Å². The number of benzene rings is 1. The van der Waals surface area contributed by atoms with Gasteiger partial charge in [-0.3, -0.25) is 9.69 Å². The number of aryl methyl sites for hydroxylation is 1. The number of likely N-dealkylation sites (N-methyl/N-ethyl adjacent to an activating group) is 1. The molecule has 0 unspecified atom stereocenters. The second-order valence-electron chi connectivity index (χ2n) is 5.43. The Kier molecular flexibility index (Phi) is 7.10. The summed E-state index contributed by atoms with van der Waals surface area (Å²) in [5.41, 5.74) is 2.23. The summed E-state index contributed by atoms with van der Waals surface area (Å²) in [6.45, 7) is 7.11. The van der Waals surface area contributed by atoms with Crippen molar-refractivity contribution in [2.75, 3.05) is 26.4 Å². The fourth-order valence-electron chi connectivity index (χ4n) is 2.11. The number of hydrogen-bond acceptors (Lipinski definition) is 3. The lowest BCUT2D eigenvalue weighted by Gasteiger charge is -2.25. The maximum Gasteiger partial charge on any atom is 0.241 e. The molecule has 1 amide bonds. The SMILES string of the molecule is Cc1ccccc1[C@H](C(=O)NCCSC(C)C)N(C)C. The highest BCUT2D eigenvalue weighted by atomic mass is 32.2.